The Balaban J connectivity index is 3.66. The maximum Gasteiger partial charge on any atom is 0.336 e. The standard InChI is InChI=1S/C11H16N2O2/c1-5-6(2)10(13-4)9(12)7(3)8(5)11(14)15/h13H,12H2,1-4H3,(H,14,15). The molecule has 1 rings (SSSR count). The van der Waals surface area contributed by atoms with E-state index in [1.165, 1.54) is 0 Å². The van der Waals surface area contributed by atoms with Crippen molar-refractivity contribution in [2.75, 3.05) is 18.1 Å². The summed E-state index contributed by atoms with van der Waals surface area (Å²) >= 11 is 0. The number of carbonyl (C=O) groups is 1. The number of hydrogen-bond acceptors (Lipinski definition) is 3. The molecule has 1 aromatic rings. The van der Waals surface area contributed by atoms with Crippen molar-refractivity contribution >= 4 is 17.3 Å². The third-order valence-corrected chi connectivity index (χ3v) is 2.82. The molecular weight excluding hydrogens is 192 g/mol. The molecule has 0 fully saturated rings. The molecule has 0 aliphatic rings. The van der Waals surface area contributed by atoms with Crippen LogP contribution in [-0.2, 0) is 0 Å². The van der Waals surface area contributed by atoms with Gasteiger partial charge >= 0.3 is 5.97 Å². The van der Waals surface area contributed by atoms with E-state index in [0.29, 0.717) is 16.8 Å². The summed E-state index contributed by atoms with van der Waals surface area (Å²) < 4.78 is 0. The minimum Gasteiger partial charge on any atom is -0.478 e. The number of anilines is 2. The summed E-state index contributed by atoms with van der Waals surface area (Å²) in [5.74, 6) is -0.928. The Morgan fingerprint density at radius 3 is 2.13 bits per heavy atom. The maximum absolute atomic E-state index is 11.1. The Hall–Kier alpha value is -1.71. The summed E-state index contributed by atoms with van der Waals surface area (Å²) in [6.07, 6.45) is 0. The van der Waals surface area contributed by atoms with Crippen molar-refractivity contribution in [2.45, 2.75) is 20.8 Å². The number of hydrogen-bond donors (Lipinski definition) is 3. The summed E-state index contributed by atoms with van der Waals surface area (Å²) in [6.45, 7) is 5.39. The van der Waals surface area contributed by atoms with Crippen molar-refractivity contribution in [1.29, 1.82) is 0 Å². The van der Waals surface area contributed by atoms with E-state index >= 15 is 0 Å². The van der Waals surface area contributed by atoms with Crippen molar-refractivity contribution < 1.29 is 9.90 Å². The smallest absolute Gasteiger partial charge is 0.336 e. The third-order valence-electron chi connectivity index (χ3n) is 2.82. The van der Waals surface area contributed by atoms with E-state index < -0.39 is 5.97 Å². The molecule has 82 valence electrons. The minimum atomic E-state index is -0.928. The van der Waals surface area contributed by atoms with Gasteiger partial charge in [-0.05, 0) is 37.5 Å². The van der Waals surface area contributed by atoms with Gasteiger partial charge in [0.15, 0.2) is 0 Å². The summed E-state index contributed by atoms with van der Waals surface area (Å²) in [5.41, 5.74) is 9.78. The molecule has 0 unspecified atom stereocenters. The second-order valence-electron chi connectivity index (χ2n) is 3.59. The Bertz CT molecular complexity index is 396. The predicted molar refractivity (Wildman–Crippen MR) is 61.6 cm³/mol. The molecule has 0 radical (unpaired) electrons. The summed E-state index contributed by atoms with van der Waals surface area (Å²) in [5, 5.41) is 12.1. The number of carboxylic acid groups (broad SMARTS) is 1. The van der Waals surface area contributed by atoms with Crippen LogP contribution in [0.5, 0.6) is 0 Å². The molecule has 15 heavy (non-hydrogen) atoms. The van der Waals surface area contributed by atoms with E-state index in [0.717, 1.165) is 16.8 Å². The third kappa shape index (κ3) is 1.63. The van der Waals surface area contributed by atoms with Crippen LogP contribution in [0.25, 0.3) is 0 Å². The van der Waals surface area contributed by atoms with E-state index in [2.05, 4.69) is 5.32 Å². The second-order valence-corrected chi connectivity index (χ2v) is 3.59. The van der Waals surface area contributed by atoms with Gasteiger partial charge in [0.05, 0.1) is 16.9 Å². The molecule has 0 bridgehead atoms. The Kier molecular flexibility index (Phi) is 2.88. The highest BCUT2D eigenvalue weighted by Gasteiger charge is 2.18. The zero-order valence-electron chi connectivity index (χ0n) is 9.43. The molecule has 0 saturated heterocycles. The van der Waals surface area contributed by atoms with Crippen LogP contribution < -0.4 is 11.1 Å². The van der Waals surface area contributed by atoms with E-state index in [1.807, 2.05) is 6.92 Å². The Morgan fingerprint density at radius 2 is 1.73 bits per heavy atom. The molecule has 0 heterocycles. The SMILES string of the molecule is CNc1c(C)c(C)c(C(=O)O)c(C)c1N. The van der Waals surface area contributed by atoms with E-state index in [4.69, 9.17) is 10.8 Å². The van der Waals surface area contributed by atoms with Crippen LogP contribution in [0.2, 0.25) is 0 Å². The molecule has 0 spiro atoms. The van der Waals surface area contributed by atoms with Gasteiger partial charge in [-0.1, -0.05) is 0 Å². The largest absolute Gasteiger partial charge is 0.478 e. The van der Waals surface area contributed by atoms with Crippen LogP contribution in [0.4, 0.5) is 11.4 Å². The molecular formula is C11H16N2O2. The molecule has 0 amide bonds. The van der Waals surface area contributed by atoms with Crippen molar-refractivity contribution in [2.24, 2.45) is 0 Å². The fourth-order valence-electron chi connectivity index (χ4n) is 1.82. The number of rotatable bonds is 2. The molecule has 0 aliphatic heterocycles. The molecule has 4 N–H and O–H groups in total. The first-order chi connectivity index (χ1) is 6.91. The summed E-state index contributed by atoms with van der Waals surface area (Å²) in [7, 11) is 1.78. The topological polar surface area (TPSA) is 75.3 Å². The first-order valence-corrected chi connectivity index (χ1v) is 4.72. The van der Waals surface area contributed by atoms with Crippen molar-refractivity contribution in [1.82, 2.24) is 0 Å². The fourth-order valence-corrected chi connectivity index (χ4v) is 1.82. The van der Waals surface area contributed by atoms with Crippen molar-refractivity contribution in [3.63, 3.8) is 0 Å². The highest BCUT2D eigenvalue weighted by Crippen LogP contribution is 2.32. The van der Waals surface area contributed by atoms with Crippen LogP contribution in [-0.4, -0.2) is 18.1 Å². The van der Waals surface area contributed by atoms with Gasteiger partial charge in [0.25, 0.3) is 0 Å². The number of carboxylic acids is 1. The van der Waals surface area contributed by atoms with Gasteiger partial charge in [0.1, 0.15) is 0 Å². The van der Waals surface area contributed by atoms with Gasteiger partial charge in [-0.2, -0.15) is 0 Å². The number of nitrogens with one attached hydrogen (secondary N) is 1. The average Bonchev–Trinajstić information content (AvgIpc) is 2.16. The lowest BCUT2D eigenvalue weighted by Crippen LogP contribution is -2.10. The second kappa shape index (κ2) is 3.81. The van der Waals surface area contributed by atoms with Crippen molar-refractivity contribution in [3.8, 4) is 0 Å². The maximum atomic E-state index is 11.1. The van der Waals surface area contributed by atoms with Crippen LogP contribution >= 0.6 is 0 Å². The normalized spacial score (nSPS) is 10.1. The molecule has 4 nitrogen and oxygen atoms in total. The molecule has 0 aliphatic carbocycles. The number of aromatic carboxylic acids is 1. The van der Waals surface area contributed by atoms with Crippen LogP contribution in [0.15, 0.2) is 0 Å². The number of benzene rings is 1. The van der Waals surface area contributed by atoms with Crippen LogP contribution in [0.3, 0.4) is 0 Å². The van der Waals surface area contributed by atoms with Crippen LogP contribution in [0.1, 0.15) is 27.0 Å². The van der Waals surface area contributed by atoms with Gasteiger partial charge in [0, 0.05) is 7.05 Å². The molecule has 4 heteroatoms. The van der Waals surface area contributed by atoms with Gasteiger partial charge in [-0.15, -0.1) is 0 Å². The average molecular weight is 208 g/mol. The van der Waals surface area contributed by atoms with Gasteiger partial charge < -0.3 is 16.2 Å². The first kappa shape index (κ1) is 11.4. The molecule has 0 saturated carbocycles. The zero-order chi connectivity index (χ0) is 11.7. The van der Waals surface area contributed by atoms with Crippen LogP contribution in [0, 0.1) is 20.8 Å². The molecule has 1 aromatic carbocycles. The minimum absolute atomic E-state index is 0.309. The predicted octanol–water partition coefficient (Wildman–Crippen LogP) is 1.93. The Labute approximate surface area is 89.1 Å². The van der Waals surface area contributed by atoms with Gasteiger partial charge in [0.2, 0.25) is 0 Å². The number of nitrogen functional groups attached to an aromatic ring is 1. The van der Waals surface area contributed by atoms with Gasteiger partial charge in [-0.25, -0.2) is 4.79 Å². The highest BCUT2D eigenvalue weighted by molar-refractivity contribution is 5.96. The lowest BCUT2D eigenvalue weighted by Gasteiger charge is -2.17. The fraction of sp³-hybridized carbons (Fsp3) is 0.364. The first-order valence-electron chi connectivity index (χ1n) is 4.72. The van der Waals surface area contributed by atoms with Gasteiger partial charge in [-0.3, -0.25) is 0 Å². The quantitative estimate of drug-likeness (QED) is 0.649. The van der Waals surface area contributed by atoms with Crippen molar-refractivity contribution in [3.05, 3.63) is 22.3 Å². The zero-order valence-corrected chi connectivity index (χ0v) is 9.43. The monoisotopic (exact) mass is 208 g/mol. The molecule has 0 atom stereocenters. The van der Waals surface area contributed by atoms with E-state index in [1.54, 1.807) is 20.9 Å². The lowest BCUT2D eigenvalue weighted by atomic mass is 9.95. The number of nitrogens with two attached hydrogens (primary N) is 1. The van der Waals surface area contributed by atoms with E-state index in [-0.39, 0.29) is 0 Å². The van der Waals surface area contributed by atoms with E-state index in [9.17, 15) is 4.79 Å². The highest BCUT2D eigenvalue weighted by atomic mass is 16.4. The summed E-state index contributed by atoms with van der Waals surface area (Å²) in [4.78, 5) is 11.1. The molecule has 0 aromatic heterocycles. The summed E-state index contributed by atoms with van der Waals surface area (Å²) in [6, 6.07) is 0. The lowest BCUT2D eigenvalue weighted by molar-refractivity contribution is 0.0695. The Morgan fingerprint density at radius 1 is 1.20 bits per heavy atom.